The Morgan fingerprint density at radius 2 is 0.761 bits per heavy atom. The van der Waals surface area contributed by atoms with Gasteiger partial charge >= 0.3 is 23.9 Å². The van der Waals surface area contributed by atoms with E-state index in [1.165, 1.54) is 50.3 Å². The second-order valence-electron chi connectivity index (χ2n) is 11.4. The van der Waals surface area contributed by atoms with Gasteiger partial charge in [-0.15, -0.1) is 0 Å². The lowest BCUT2D eigenvalue weighted by Crippen LogP contribution is -2.11. The van der Waals surface area contributed by atoms with Crippen molar-refractivity contribution in [2.45, 2.75) is 51.6 Å². The van der Waals surface area contributed by atoms with E-state index < -0.39 is 33.1 Å². The van der Waals surface area contributed by atoms with Crippen molar-refractivity contribution < 1.29 is 63.1 Å². The Bertz CT molecular complexity index is 2000. The summed E-state index contributed by atoms with van der Waals surface area (Å²) < 4.78 is 23.1. The summed E-state index contributed by atoms with van der Waals surface area (Å²) in [5.41, 5.74) is 2.81. The van der Waals surface area contributed by atoms with E-state index in [-0.39, 0.29) is 70.4 Å². The Kier molecular flexibility index (Phi) is 43.3. The smallest absolute Gasteiger partial charge is 0.338 e. The van der Waals surface area contributed by atoms with Gasteiger partial charge in [0.05, 0.1) is 89.9 Å². The molecule has 1 fully saturated rings. The molecular weight excluding hydrogens is 1250 g/mol. The van der Waals surface area contributed by atoms with Gasteiger partial charge in [-0.3, -0.25) is 0 Å². The molecule has 1 aliphatic rings. The molecule has 0 saturated carbocycles. The molecular formula is C41H46Br2Cl10O13S. The normalized spacial score (nSPS) is 10.5. The van der Waals surface area contributed by atoms with E-state index in [1.54, 1.807) is 12.1 Å². The maximum atomic E-state index is 11.4. The molecule has 5 N–H and O–H groups in total. The predicted octanol–water partition coefficient (Wildman–Crippen LogP) is 14.4. The first-order valence-electron chi connectivity index (χ1n) is 17.2. The summed E-state index contributed by atoms with van der Waals surface area (Å²) in [5, 5.41) is 46.0. The highest BCUT2D eigenvalue weighted by Gasteiger charge is 2.21. The molecule has 0 atom stereocenters. The molecule has 1 saturated heterocycles. The number of hydrogen-bond acceptors (Lipinski definition) is 11. The van der Waals surface area contributed by atoms with Crippen LogP contribution < -0.4 is 0 Å². The number of rotatable bonds is 8. The molecule has 1 heterocycles. The first-order valence-corrected chi connectivity index (χ1v) is 25.3. The number of aliphatic hydroxyl groups is 3. The number of halogens is 12. The minimum Gasteiger partial charge on any atom is -0.478 e. The van der Waals surface area contributed by atoms with E-state index in [1.807, 2.05) is 12.1 Å². The van der Waals surface area contributed by atoms with Gasteiger partial charge in [0.15, 0.2) is 0 Å². The third kappa shape index (κ3) is 27.7. The highest BCUT2D eigenvalue weighted by Crippen LogP contribution is 2.30. The van der Waals surface area contributed by atoms with E-state index in [2.05, 4.69) is 62.7 Å². The summed E-state index contributed by atoms with van der Waals surface area (Å²) in [6.07, 6.45) is 2.56. The number of aromatic carboxylic acids is 2. The molecule has 13 nitrogen and oxygen atoms in total. The Morgan fingerprint density at radius 1 is 0.537 bits per heavy atom. The van der Waals surface area contributed by atoms with Gasteiger partial charge in [0.2, 0.25) is 9.23 Å². The topological polar surface area (TPSA) is 214 Å². The average molecular weight is 1290 g/mol. The fourth-order valence-electron chi connectivity index (χ4n) is 4.32. The summed E-state index contributed by atoms with van der Waals surface area (Å²) in [5.74, 6) is -4.08. The Balaban J connectivity index is -0.000000365. The van der Waals surface area contributed by atoms with Crippen LogP contribution in [0.5, 0.6) is 0 Å². The van der Waals surface area contributed by atoms with Crippen molar-refractivity contribution in [3.05, 3.63) is 133 Å². The lowest BCUT2D eigenvalue weighted by Gasteiger charge is -2.07. The zero-order valence-electron chi connectivity index (χ0n) is 33.7. The number of esters is 2. The quantitative estimate of drug-likeness (QED) is 0.0632. The number of ether oxygens (including phenoxy) is 3. The van der Waals surface area contributed by atoms with Gasteiger partial charge < -0.3 is 39.7 Å². The molecule has 0 bridgehead atoms. The molecule has 378 valence electrons. The Hall–Kier alpha value is -1.39. The van der Waals surface area contributed by atoms with Crippen LogP contribution in [0.2, 0.25) is 40.2 Å². The SMILES string of the molecule is C.C.C1CCOC1.CO.COC(=O)c1cc(Cl)c(Cl)cc1C(=O)OC.Clc1cc(CBr)c(CBr)cc1Cl.O=C(O)c1cc(Cl)c(Cl)cc1C(=O)O.O=S(Cl)Cl.OCc1cc(Cl)c(Cl)cc1CO. The molecule has 4 aromatic carbocycles. The van der Waals surface area contributed by atoms with Crippen LogP contribution >= 0.6 is 146 Å². The lowest BCUT2D eigenvalue weighted by atomic mass is 10.1. The number of carboxylic acid groups (broad SMARTS) is 2. The van der Waals surface area contributed by atoms with Crippen LogP contribution in [0.25, 0.3) is 0 Å². The van der Waals surface area contributed by atoms with Crippen LogP contribution in [-0.4, -0.2) is 88.2 Å². The predicted molar refractivity (Wildman–Crippen MR) is 281 cm³/mol. The van der Waals surface area contributed by atoms with E-state index in [4.69, 9.17) is 127 Å². The van der Waals surface area contributed by atoms with Crippen molar-refractivity contribution in [1.82, 2.24) is 0 Å². The maximum Gasteiger partial charge on any atom is 0.338 e. The largest absolute Gasteiger partial charge is 0.478 e. The molecule has 1 aliphatic heterocycles. The number of benzene rings is 4. The van der Waals surface area contributed by atoms with Gasteiger partial charge in [-0.05, 0) is 83.6 Å². The molecule has 0 unspecified atom stereocenters. The summed E-state index contributed by atoms with van der Waals surface area (Å²) in [6.45, 7) is 1.71. The highest BCUT2D eigenvalue weighted by atomic mass is 79.9. The van der Waals surface area contributed by atoms with Gasteiger partial charge in [-0.1, -0.05) is 140 Å². The van der Waals surface area contributed by atoms with Crippen molar-refractivity contribution in [1.29, 1.82) is 0 Å². The second-order valence-corrected chi connectivity index (χ2v) is 18.3. The first-order chi connectivity index (χ1) is 30.5. The number of carbonyl (C=O) groups is 4. The minimum absolute atomic E-state index is 0. The molecule has 0 amide bonds. The molecule has 26 heteroatoms. The first kappa shape index (κ1) is 72.2. The molecule has 67 heavy (non-hydrogen) atoms. The number of hydrogen-bond donors (Lipinski definition) is 5. The standard InChI is InChI=1S/C10H8Cl2O4.C8H6Br2Cl2.C8H4Cl2O4.C8H8Cl2O2.C4H8O.CH4O.2CH4.Cl2OS/c1-15-9(13)5-3-7(11)8(12)4-6(5)10(14)16-2;9-3-5-1-7(11)8(12)2-6(5)4-10;9-5-1-3(7(11)12)4(8(13)14)2-6(5)10;9-7-1-5(3-11)6(4-12)2-8(7)10;1-2-4-5-3-1;1-2;;;1-4(2)3/h3-4H,1-2H3;1-2H,3-4H2;1-2H,(H,11,12)(H,13,14);1-2,11-12H,3-4H2;1-4H2;2H,1H3;2*1H4;. The van der Waals surface area contributed by atoms with Gasteiger partial charge in [-0.2, -0.15) is 0 Å². The summed E-state index contributed by atoms with van der Waals surface area (Å²) in [7, 11) is 10.8. The zero-order chi connectivity index (χ0) is 50.6. The Morgan fingerprint density at radius 3 is 0.940 bits per heavy atom. The van der Waals surface area contributed by atoms with E-state index >= 15 is 0 Å². The van der Waals surface area contributed by atoms with Crippen LogP contribution in [0, 0.1) is 0 Å². The van der Waals surface area contributed by atoms with Crippen LogP contribution in [0.3, 0.4) is 0 Å². The molecule has 0 aromatic heterocycles. The van der Waals surface area contributed by atoms with Crippen LogP contribution in [-0.2, 0) is 47.3 Å². The van der Waals surface area contributed by atoms with Gasteiger partial charge in [0.1, 0.15) is 0 Å². The van der Waals surface area contributed by atoms with Crippen LogP contribution in [0.4, 0.5) is 0 Å². The number of alkyl halides is 2. The third-order valence-corrected chi connectivity index (χ3v) is 11.4. The van der Waals surface area contributed by atoms with E-state index in [0.717, 1.165) is 43.1 Å². The van der Waals surface area contributed by atoms with Crippen molar-refractivity contribution in [2.24, 2.45) is 0 Å². The summed E-state index contributed by atoms with van der Waals surface area (Å²) >= 11 is 52.4. The van der Waals surface area contributed by atoms with Gasteiger partial charge in [-0.25, -0.2) is 23.4 Å². The zero-order valence-corrected chi connectivity index (χ0v) is 45.3. The van der Waals surface area contributed by atoms with Crippen molar-refractivity contribution in [3.8, 4) is 0 Å². The van der Waals surface area contributed by atoms with E-state index in [9.17, 15) is 19.2 Å². The highest BCUT2D eigenvalue weighted by molar-refractivity contribution is 9.09. The summed E-state index contributed by atoms with van der Waals surface area (Å²) in [4.78, 5) is 44.0. The average Bonchev–Trinajstić information content (AvgIpc) is 3.88. The monoisotopic (exact) mass is 1290 g/mol. The Labute approximate surface area is 457 Å². The number of aliphatic hydroxyl groups excluding tert-OH is 3. The molecule has 0 spiro atoms. The number of carboxylic acids is 2. The van der Waals surface area contributed by atoms with E-state index in [0.29, 0.717) is 31.2 Å². The lowest BCUT2D eigenvalue weighted by molar-refractivity contribution is 0.0555. The molecule has 0 radical (unpaired) electrons. The van der Waals surface area contributed by atoms with Crippen molar-refractivity contribution in [2.75, 3.05) is 34.5 Å². The molecule has 4 aromatic rings. The fraction of sp³-hybridized carbons (Fsp3) is 0.317. The molecule has 0 aliphatic carbocycles. The van der Waals surface area contributed by atoms with Crippen molar-refractivity contribution >= 4 is 179 Å². The third-order valence-electron chi connectivity index (χ3n) is 7.33. The maximum absolute atomic E-state index is 11.4. The summed E-state index contributed by atoms with van der Waals surface area (Å²) in [6, 6.07) is 11.4. The van der Waals surface area contributed by atoms with Crippen LogP contribution in [0.1, 0.15) is 91.4 Å². The van der Waals surface area contributed by atoms with Crippen molar-refractivity contribution in [3.63, 3.8) is 0 Å². The second kappa shape index (κ2) is 40.2. The van der Waals surface area contributed by atoms with Crippen LogP contribution in [0.15, 0.2) is 48.5 Å². The minimum atomic E-state index is -1.67. The van der Waals surface area contributed by atoms with Gasteiger partial charge in [0.25, 0.3) is 0 Å². The number of methoxy groups -OCH3 is 2. The van der Waals surface area contributed by atoms with Gasteiger partial charge in [0, 0.05) is 52.3 Å². The number of carbonyl (C=O) groups excluding carboxylic acids is 2. The molecule has 5 rings (SSSR count). The fourth-order valence-corrected chi connectivity index (χ4v) is 6.76.